The van der Waals surface area contributed by atoms with Gasteiger partial charge in [0, 0.05) is 24.3 Å². The van der Waals surface area contributed by atoms with Crippen LogP contribution in [0.5, 0.6) is 5.75 Å². The molecule has 0 fully saturated rings. The van der Waals surface area contributed by atoms with E-state index in [-0.39, 0.29) is 17.2 Å². The molecule has 30 heavy (non-hydrogen) atoms. The zero-order valence-electron chi connectivity index (χ0n) is 17.1. The number of thiazole rings is 1. The van der Waals surface area contributed by atoms with Crippen LogP contribution in [0.3, 0.4) is 0 Å². The summed E-state index contributed by atoms with van der Waals surface area (Å²) in [5.41, 5.74) is 3.89. The molecule has 7 heteroatoms. The number of phenols is 1. The van der Waals surface area contributed by atoms with E-state index in [0.717, 1.165) is 22.4 Å². The molecular weight excluding hydrogens is 398 g/mol. The highest BCUT2D eigenvalue weighted by molar-refractivity contribution is 7.07. The Hall–Kier alpha value is -3.16. The average Bonchev–Trinajstić information content (AvgIpc) is 3.17. The third-order valence-corrected chi connectivity index (χ3v) is 6.13. The number of carbonyl (C=O) groups is 1. The van der Waals surface area contributed by atoms with Crippen LogP contribution in [0.25, 0.3) is 11.6 Å². The third-order valence-electron chi connectivity index (χ3n) is 5.00. The summed E-state index contributed by atoms with van der Waals surface area (Å²) in [6, 6.07) is 12.5. The predicted octanol–water partition coefficient (Wildman–Crippen LogP) is 1.47. The maximum absolute atomic E-state index is 13.2. The summed E-state index contributed by atoms with van der Waals surface area (Å²) in [6.07, 6.45) is 1.80. The second-order valence-electron chi connectivity index (χ2n) is 7.65. The number of anilines is 1. The van der Waals surface area contributed by atoms with Gasteiger partial charge in [-0.25, -0.2) is 0 Å². The van der Waals surface area contributed by atoms with Crippen LogP contribution in [0.1, 0.15) is 16.7 Å². The fourth-order valence-corrected chi connectivity index (χ4v) is 4.61. The van der Waals surface area contributed by atoms with Crippen LogP contribution in [-0.4, -0.2) is 41.1 Å². The van der Waals surface area contributed by atoms with Crippen molar-refractivity contribution in [3.05, 3.63) is 78.7 Å². The van der Waals surface area contributed by atoms with Gasteiger partial charge < -0.3 is 15.3 Å². The van der Waals surface area contributed by atoms with Gasteiger partial charge in [-0.15, -0.1) is 11.3 Å². The second kappa shape index (κ2) is 7.93. The molecule has 0 atom stereocenters. The summed E-state index contributed by atoms with van der Waals surface area (Å²) >= 11 is 1.32. The van der Waals surface area contributed by atoms with Gasteiger partial charge in [0.1, 0.15) is 10.4 Å². The Bertz CT molecular complexity index is 1300. The molecule has 1 aromatic heterocycles. The highest BCUT2D eigenvalue weighted by atomic mass is 32.1. The van der Waals surface area contributed by atoms with E-state index in [1.165, 1.54) is 11.3 Å². The summed E-state index contributed by atoms with van der Waals surface area (Å²) in [4.78, 5) is 28.1. The second-order valence-corrected chi connectivity index (χ2v) is 8.68. The molecule has 1 amide bonds. The molecule has 3 aromatic rings. The minimum Gasteiger partial charge on any atom is -0.508 e. The maximum Gasteiger partial charge on any atom is 0.269 e. The van der Waals surface area contributed by atoms with Crippen molar-refractivity contribution in [1.82, 2.24) is 9.47 Å². The molecule has 2 aromatic carbocycles. The number of benzene rings is 2. The summed E-state index contributed by atoms with van der Waals surface area (Å²) in [5.74, 6) is -0.0146. The van der Waals surface area contributed by atoms with Crippen LogP contribution in [-0.2, 0) is 11.3 Å². The van der Waals surface area contributed by atoms with Crippen LogP contribution >= 0.6 is 11.3 Å². The van der Waals surface area contributed by atoms with Gasteiger partial charge in [0.2, 0.25) is 0 Å². The normalized spacial score (nSPS) is 15.6. The van der Waals surface area contributed by atoms with Gasteiger partial charge in [-0.1, -0.05) is 23.8 Å². The number of likely N-dealkylation sites (N-methyl/N-ethyl adjacent to an activating group) is 1. The van der Waals surface area contributed by atoms with Gasteiger partial charge in [-0.05, 0) is 56.9 Å². The number of phenolic OH excluding ortho intramolecular Hbond substituents is 1. The average molecular weight is 422 g/mol. The topological polar surface area (TPSA) is 74.6 Å². The number of amides is 1. The molecule has 1 aliphatic rings. The van der Waals surface area contributed by atoms with Gasteiger partial charge in [0.05, 0.1) is 10.1 Å². The van der Waals surface area contributed by atoms with E-state index in [1.807, 2.05) is 44.1 Å². The number of nitrogens with zero attached hydrogens (tertiary/aromatic N) is 2. The first kappa shape index (κ1) is 20.1. The molecule has 2 heterocycles. The van der Waals surface area contributed by atoms with Crippen molar-refractivity contribution in [3.8, 4) is 5.75 Å². The number of fused-ring (bicyclic) bond motifs is 1. The molecular formula is C23H23N3O3S. The van der Waals surface area contributed by atoms with Crippen LogP contribution in [0.15, 0.2) is 47.3 Å². The maximum atomic E-state index is 13.2. The molecule has 0 bridgehead atoms. The largest absolute Gasteiger partial charge is 0.508 e. The van der Waals surface area contributed by atoms with Crippen molar-refractivity contribution in [3.63, 3.8) is 0 Å². The van der Waals surface area contributed by atoms with Crippen LogP contribution in [0.4, 0.5) is 5.69 Å². The number of aromatic nitrogens is 1. The first-order valence-corrected chi connectivity index (χ1v) is 10.5. The smallest absolute Gasteiger partial charge is 0.269 e. The molecule has 154 valence electrons. The lowest BCUT2D eigenvalue weighted by molar-refractivity contribution is -0.110. The highest BCUT2D eigenvalue weighted by Gasteiger charge is 2.27. The monoisotopic (exact) mass is 421 g/mol. The SMILES string of the molecule is Cc1ccc2c(c1)/C(=c1/sc(=Cc3ccc(O)cc3)c(=O)n1CCN(C)C)C(=O)N2. The van der Waals surface area contributed by atoms with Crippen molar-refractivity contribution in [2.45, 2.75) is 13.5 Å². The Labute approximate surface area is 178 Å². The lowest BCUT2D eigenvalue weighted by Gasteiger charge is -2.10. The van der Waals surface area contributed by atoms with E-state index in [4.69, 9.17) is 0 Å². The standard InChI is InChI=1S/C23H23N3O3S/c1-14-4-9-18-17(12-14)20(21(28)24-18)23-26(11-10-25(2)3)22(29)19(30-23)13-15-5-7-16(27)8-6-15/h4-9,12-13,27H,10-11H2,1-3H3,(H,24,28)/b19-13?,23-20-. The molecule has 0 spiro atoms. The number of aromatic hydroxyl groups is 1. The van der Waals surface area contributed by atoms with Gasteiger partial charge in [-0.2, -0.15) is 0 Å². The van der Waals surface area contributed by atoms with Crippen LogP contribution in [0, 0.1) is 6.92 Å². The van der Waals surface area contributed by atoms with Crippen LogP contribution in [0.2, 0.25) is 0 Å². The molecule has 0 radical (unpaired) electrons. The number of rotatable bonds is 4. The van der Waals surface area contributed by atoms with Gasteiger partial charge >= 0.3 is 0 Å². The van der Waals surface area contributed by atoms with E-state index in [1.54, 1.807) is 34.9 Å². The minimum absolute atomic E-state index is 0.119. The molecule has 2 N–H and O–H groups in total. The van der Waals surface area contributed by atoms with Crippen LogP contribution < -0.4 is 20.1 Å². The summed E-state index contributed by atoms with van der Waals surface area (Å²) in [6.45, 7) is 3.15. The van der Waals surface area contributed by atoms with E-state index in [2.05, 4.69) is 5.32 Å². The first-order chi connectivity index (χ1) is 14.3. The zero-order chi connectivity index (χ0) is 21.4. The fourth-order valence-electron chi connectivity index (χ4n) is 3.42. The molecule has 4 rings (SSSR count). The Balaban J connectivity index is 1.99. The number of hydrogen-bond acceptors (Lipinski definition) is 5. The van der Waals surface area contributed by atoms with E-state index in [0.29, 0.717) is 27.9 Å². The number of aryl methyl sites for hydroxylation is 1. The van der Waals surface area contributed by atoms with Crippen molar-refractivity contribution < 1.29 is 9.90 Å². The minimum atomic E-state index is -0.188. The van der Waals surface area contributed by atoms with Gasteiger partial charge in [0.15, 0.2) is 0 Å². The van der Waals surface area contributed by atoms with Gasteiger partial charge in [-0.3, -0.25) is 14.2 Å². The molecule has 6 nitrogen and oxygen atoms in total. The van der Waals surface area contributed by atoms with Gasteiger partial charge in [0.25, 0.3) is 11.5 Å². The molecule has 0 saturated heterocycles. The number of nitrogens with one attached hydrogen (secondary N) is 1. The first-order valence-electron chi connectivity index (χ1n) is 9.65. The lowest BCUT2D eigenvalue weighted by Crippen LogP contribution is -2.36. The van der Waals surface area contributed by atoms with E-state index < -0.39 is 0 Å². The van der Waals surface area contributed by atoms with E-state index >= 15 is 0 Å². The zero-order valence-corrected chi connectivity index (χ0v) is 17.9. The number of hydrogen-bond donors (Lipinski definition) is 2. The summed E-state index contributed by atoms with van der Waals surface area (Å²) in [5, 5.41) is 12.4. The van der Waals surface area contributed by atoms with E-state index in [9.17, 15) is 14.7 Å². The Morgan fingerprint density at radius 2 is 1.87 bits per heavy atom. The van der Waals surface area contributed by atoms with Crippen molar-refractivity contribution in [1.29, 1.82) is 0 Å². The fraction of sp³-hybridized carbons (Fsp3) is 0.217. The number of carbonyl (C=O) groups excluding carboxylic acids is 1. The lowest BCUT2D eigenvalue weighted by atomic mass is 10.1. The summed E-state index contributed by atoms with van der Waals surface area (Å²) in [7, 11) is 3.91. The Morgan fingerprint density at radius 3 is 2.57 bits per heavy atom. The third kappa shape index (κ3) is 3.81. The van der Waals surface area contributed by atoms with Crippen molar-refractivity contribution in [2.24, 2.45) is 0 Å². The molecule has 0 unspecified atom stereocenters. The molecule has 0 saturated carbocycles. The summed E-state index contributed by atoms with van der Waals surface area (Å²) < 4.78 is 2.91. The Morgan fingerprint density at radius 1 is 1.13 bits per heavy atom. The molecule has 0 aliphatic carbocycles. The highest BCUT2D eigenvalue weighted by Crippen LogP contribution is 2.30. The quantitative estimate of drug-likeness (QED) is 0.669. The van der Waals surface area contributed by atoms with Crippen molar-refractivity contribution in [2.75, 3.05) is 26.0 Å². The predicted molar refractivity (Wildman–Crippen MR) is 120 cm³/mol. The molecule has 1 aliphatic heterocycles. The Kier molecular flexibility index (Phi) is 5.32. The van der Waals surface area contributed by atoms with Crippen molar-refractivity contribution >= 4 is 34.6 Å².